The van der Waals surface area contributed by atoms with Crippen molar-refractivity contribution in [3.05, 3.63) is 12.7 Å². The van der Waals surface area contributed by atoms with E-state index in [-0.39, 0.29) is 11.5 Å². The molecule has 0 fully saturated rings. The molecule has 0 aromatic carbocycles. The molecule has 0 aromatic heterocycles. The fourth-order valence-electron chi connectivity index (χ4n) is 0.171. The van der Waals surface area contributed by atoms with Gasteiger partial charge in [-0.05, 0) is 6.92 Å². The third-order valence-corrected chi connectivity index (χ3v) is 1.60. The Hall–Kier alpha value is -0.300. The van der Waals surface area contributed by atoms with E-state index in [1.54, 1.807) is 13.0 Å². The zero-order chi connectivity index (χ0) is 6.78. The van der Waals surface area contributed by atoms with Crippen LogP contribution in [0.4, 0.5) is 0 Å². The lowest BCUT2D eigenvalue weighted by Crippen LogP contribution is -2.23. The summed E-state index contributed by atoms with van der Waals surface area (Å²) in [6, 6.07) is 0. The Labute approximate surface area is 51.0 Å². The monoisotopic (exact) mass is 114 g/mol. The molecule has 0 rings (SSSR count). The zero-order valence-corrected chi connectivity index (χ0v) is 5.81. The SMILES string of the molecule is C=CC(C)(C)[C@@H](C)O. The molecule has 0 aromatic rings. The summed E-state index contributed by atoms with van der Waals surface area (Å²) in [5.41, 5.74) is -0.139. The van der Waals surface area contributed by atoms with Crippen molar-refractivity contribution in [3.63, 3.8) is 0 Å². The number of hydrogen-bond donors (Lipinski definition) is 1. The Bertz CT molecular complexity index is 82.4. The summed E-state index contributed by atoms with van der Waals surface area (Å²) in [5, 5.41) is 9.01. The first-order valence-electron chi connectivity index (χ1n) is 2.82. The van der Waals surface area contributed by atoms with Gasteiger partial charge in [0.2, 0.25) is 0 Å². The minimum Gasteiger partial charge on any atom is -0.393 e. The van der Waals surface area contributed by atoms with Gasteiger partial charge in [0.1, 0.15) is 0 Å². The molecular formula is C7H14O. The van der Waals surface area contributed by atoms with E-state index >= 15 is 0 Å². The molecule has 0 aliphatic carbocycles. The second-order valence-corrected chi connectivity index (χ2v) is 2.70. The third-order valence-electron chi connectivity index (χ3n) is 1.60. The molecular weight excluding hydrogens is 100 g/mol. The van der Waals surface area contributed by atoms with Gasteiger partial charge in [0.15, 0.2) is 0 Å². The molecule has 0 bridgehead atoms. The highest BCUT2D eigenvalue weighted by Crippen LogP contribution is 2.20. The molecule has 0 saturated carbocycles. The molecule has 48 valence electrons. The second-order valence-electron chi connectivity index (χ2n) is 2.70. The van der Waals surface area contributed by atoms with E-state index in [1.165, 1.54) is 0 Å². The largest absolute Gasteiger partial charge is 0.393 e. The second kappa shape index (κ2) is 2.31. The topological polar surface area (TPSA) is 20.2 Å². The molecule has 0 heterocycles. The summed E-state index contributed by atoms with van der Waals surface area (Å²) in [6.07, 6.45) is 1.46. The van der Waals surface area contributed by atoms with Gasteiger partial charge in [0.05, 0.1) is 6.10 Å². The average Bonchev–Trinajstić information content (AvgIpc) is 1.67. The normalized spacial score (nSPS) is 15.5. The number of aliphatic hydroxyl groups is 1. The maximum absolute atomic E-state index is 9.01. The van der Waals surface area contributed by atoms with Crippen LogP contribution in [0.2, 0.25) is 0 Å². The van der Waals surface area contributed by atoms with Crippen LogP contribution in [0, 0.1) is 5.41 Å². The predicted molar refractivity (Wildman–Crippen MR) is 35.7 cm³/mol. The Morgan fingerprint density at radius 2 is 2.00 bits per heavy atom. The van der Waals surface area contributed by atoms with Crippen LogP contribution in [0.3, 0.4) is 0 Å². The lowest BCUT2D eigenvalue weighted by Gasteiger charge is -2.22. The van der Waals surface area contributed by atoms with Crippen molar-refractivity contribution in [2.45, 2.75) is 26.9 Å². The molecule has 1 N–H and O–H groups in total. The summed E-state index contributed by atoms with van der Waals surface area (Å²) >= 11 is 0. The van der Waals surface area contributed by atoms with E-state index in [9.17, 15) is 0 Å². The van der Waals surface area contributed by atoms with Crippen molar-refractivity contribution in [3.8, 4) is 0 Å². The molecule has 0 radical (unpaired) electrons. The average molecular weight is 114 g/mol. The van der Waals surface area contributed by atoms with Gasteiger partial charge in [-0.2, -0.15) is 0 Å². The van der Waals surface area contributed by atoms with E-state index < -0.39 is 0 Å². The number of aliphatic hydroxyl groups excluding tert-OH is 1. The van der Waals surface area contributed by atoms with E-state index in [2.05, 4.69) is 6.58 Å². The van der Waals surface area contributed by atoms with Gasteiger partial charge in [-0.25, -0.2) is 0 Å². The molecule has 1 atom stereocenters. The minimum atomic E-state index is -0.306. The van der Waals surface area contributed by atoms with Gasteiger partial charge >= 0.3 is 0 Å². The van der Waals surface area contributed by atoms with Crippen molar-refractivity contribution in [2.75, 3.05) is 0 Å². The van der Waals surface area contributed by atoms with Crippen LogP contribution in [0.15, 0.2) is 12.7 Å². The molecule has 0 aliphatic rings. The Morgan fingerprint density at radius 3 is 2.00 bits per heavy atom. The van der Waals surface area contributed by atoms with Crippen molar-refractivity contribution in [2.24, 2.45) is 5.41 Å². The highest BCUT2D eigenvalue weighted by atomic mass is 16.3. The Morgan fingerprint density at radius 1 is 1.62 bits per heavy atom. The van der Waals surface area contributed by atoms with Crippen molar-refractivity contribution >= 4 is 0 Å². The molecule has 8 heavy (non-hydrogen) atoms. The van der Waals surface area contributed by atoms with Gasteiger partial charge in [0, 0.05) is 5.41 Å². The number of rotatable bonds is 2. The van der Waals surface area contributed by atoms with Crippen LogP contribution < -0.4 is 0 Å². The quantitative estimate of drug-likeness (QED) is 0.540. The van der Waals surface area contributed by atoms with E-state index in [0.29, 0.717) is 0 Å². The maximum atomic E-state index is 9.01. The molecule has 0 aliphatic heterocycles. The summed E-state index contributed by atoms with van der Waals surface area (Å²) < 4.78 is 0. The van der Waals surface area contributed by atoms with Gasteiger partial charge in [0.25, 0.3) is 0 Å². The first-order chi connectivity index (χ1) is 3.50. The zero-order valence-electron chi connectivity index (χ0n) is 5.81. The number of hydrogen-bond acceptors (Lipinski definition) is 1. The van der Waals surface area contributed by atoms with Gasteiger partial charge < -0.3 is 5.11 Å². The lowest BCUT2D eigenvalue weighted by molar-refractivity contribution is 0.0999. The smallest absolute Gasteiger partial charge is 0.0597 e. The van der Waals surface area contributed by atoms with Gasteiger partial charge in [-0.1, -0.05) is 19.9 Å². The van der Waals surface area contributed by atoms with Crippen molar-refractivity contribution < 1.29 is 5.11 Å². The fourth-order valence-corrected chi connectivity index (χ4v) is 0.171. The van der Waals surface area contributed by atoms with Gasteiger partial charge in [-0.3, -0.25) is 0 Å². The lowest BCUT2D eigenvalue weighted by atomic mass is 9.88. The van der Waals surface area contributed by atoms with E-state index in [4.69, 9.17) is 5.11 Å². The minimum absolute atomic E-state index is 0.139. The fraction of sp³-hybridized carbons (Fsp3) is 0.714. The molecule has 0 amide bonds. The highest BCUT2D eigenvalue weighted by Gasteiger charge is 2.18. The maximum Gasteiger partial charge on any atom is 0.0597 e. The molecule has 0 unspecified atom stereocenters. The standard InChI is InChI=1S/C7H14O/c1-5-7(3,4)6(2)8/h5-6,8H,1H2,2-4H3/t6-/m1/s1. The Balaban J connectivity index is 3.90. The van der Waals surface area contributed by atoms with Crippen molar-refractivity contribution in [1.82, 2.24) is 0 Å². The first kappa shape index (κ1) is 7.70. The summed E-state index contributed by atoms with van der Waals surface area (Å²) in [4.78, 5) is 0. The van der Waals surface area contributed by atoms with Gasteiger partial charge in [-0.15, -0.1) is 6.58 Å². The van der Waals surface area contributed by atoms with Crippen LogP contribution in [0.1, 0.15) is 20.8 Å². The first-order valence-corrected chi connectivity index (χ1v) is 2.82. The summed E-state index contributed by atoms with van der Waals surface area (Å²) in [7, 11) is 0. The molecule has 1 nitrogen and oxygen atoms in total. The van der Waals surface area contributed by atoms with Crippen LogP contribution in [0.25, 0.3) is 0 Å². The van der Waals surface area contributed by atoms with Crippen LogP contribution in [-0.2, 0) is 0 Å². The molecule has 1 heteroatoms. The van der Waals surface area contributed by atoms with Crippen LogP contribution in [0.5, 0.6) is 0 Å². The molecule has 0 saturated heterocycles. The third kappa shape index (κ3) is 1.66. The Kier molecular flexibility index (Phi) is 2.23. The predicted octanol–water partition coefficient (Wildman–Crippen LogP) is 1.58. The van der Waals surface area contributed by atoms with Crippen LogP contribution >= 0.6 is 0 Å². The van der Waals surface area contributed by atoms with E-state index in [1.807, 2.05) is 13.8 Å². The van der Waals surface area contributed by atoms with E-state index in [0.717, 1.165) is 0 Å². The highest BCUT2D eigenvalue weighted by molar-refractivity contribution is 4.90. The van der Waals surface area contributed by atoms with Crippen LogP contribution in [-0.4, -0.2) is 11.2 Å². The summed E-state index contributed by atoms with van der Waals surface area (Å²) in [5.74, 6) is 0. The molecule has 0 spiro atoms. The van der Waals surface area contributed by atoms with Crippen molar-refractivity contribution in [1.29, 1.82) is 0 Å². The summed E-state index contributed by atoms with van der Waals surface area (Å²) in [6.45, 7) is 9.26.